The highest BCUT2D eigenvalue weighted by atomic mass is 16.4. The molecule has 0 aromatic carbocycles. The predicted molar refractivity (Wildman–Crippen MR) is 73.6 cm³/mol. The van der Waals surface area contributed by atoms with Crippen molar-refractivity contribution in [3.8, 4) is 0 Å². The molecule has 0 aromatic rings. The topological polar surface area (TPSA) is 176 Å². The predicted octanol–water partition coefficient (Wildman–Crippen LogP) is -2.11. The van der Waals surface area contributed by atoms with Crippen LogP contribution in [0.5, 0.6) is 0 Å². The van der Waals surface area contributed by atoms with Crippen LogP contribution in [0.25, 0.3) is 0 Å². The second-order valence-electron chi connectivity index (χ2n) is 4.83. The van der Waals surface area contributed by atoms with Crippen LogP contribution in [0.3, 0.4) is 0 Å². The zero-order chi connectivity index (χ0) is 16.4. The van der Waals surface area contributed by atoms with Crippen molar-refractivity contribution in [1.82, 2.24) is 5.32 Å². The summed E-state index contributed by atoms with van der Waals surface area (Å²) in [5.74, 6) is -2.48. The molecule has 9 nitrogen and oxygen atoms in total. The van der Waals surface area contributed by atoms with E-state index in [1.807, 2.05) is 0 Å². The summed E-state index contributed by atoms with van der Waals surface area (Å²) in [5.41, 5.74) is 10.6. The van der Waals surface area contributed by atoms with Gasteiger partial charge in [0.25, 0.3) is 0 Å². The first-order chi connectivity index (χ1) is 9.73. The fraction of sp³-hybridized carbons (Fsp3) is 0.750. The average molecular weight is 305 g/mol. The molecule has 0 fully saturated rings. The summed E-state index contributed by atoms with van der Waals surface area (Å²) in [6.45, 7) is 0.122. The van der Waals surface area contributed by atoms with E-state index in [1.165, 1.54) is 0 Å². The van der Waals surface area contributed by atoms with Crippen molar-refractivity contribution in [3.05, 3.63) is 0 Å². The summed E-state index contributed by atoms with van der Waals surface area (Å²) < 4.78 is 0. The van der Waals surface area contributed by atoms with Gasteiger partial charge >= 0.3 is 11.9 Å². The lowest BCUT2D eigenvalue weighted by atomic mass is 10.1. The van der Waals surface area contributed by atoms with Crippen LogP contribution in [-0.2, 0) is 14.4 Å². The van der Waals surface area contributed by atoms with Gasteiger partial charge in [0.1, 0.15) is 17.9 Å². The minimum atomic E-state index is -1.15. The van der Waals surface area contributed by atoms with Gasteiger partial charge in [-0.1, -0.05) is 0 Å². The zero-order valence-electron chi connectivity index (χ0n) is 11.7. The number of nitrogens with two attached hydrogens (primary N) is 2. The number of rotatable bonds is 12. The monoisotopic (exact) mass is 305 g/mol. The molecule has 0 rings (SSSR count). The lowest BCUT2D eigenvalue weighted by molar-refractivity contribution is -0.139. The van der Waals surface area contributed by atoms with Crippen LogP contribution >= 0.6 is 0 Å². The van der Waals surface area contributed by atoms with Gasteiger partial charge in [-0.25, -0.2) is 0 Å². The van der Waals surface area contributed by atoms with Crippen LogP contribution < -0.4 is 16.8 Å². The van der Waals surface area contributed by atoms with E-state index in [2.05, 4.69) is 5.32 Å². The van der Waals surface area contributed by atoms with Gasteiger partial charge in [0.05, 0.1) is 12.6 Å². The maximum atomic E-state index is 11.4. The average Bonchev–Trinajstić information content (AvgIpc) is 2.41. The lowest BCUT2D eigenvalue weighted by Crippen LogP contribution is -2.35. The van der Waals surface area contributed by atoms with E-state index in [4.69, 9.17) is 21.7 Å². The lowest BCUT2D eigenvalue weighted by Gasteiger charge is -2.13. The van der Waals surface area contributed by atoms with Crippen LogP contribution in [0.1, 0.15) is 25.7 Å². The molecule has 21 heavy (non-hydrogen) atoms. The molecular formula is C12H23N3O6. The second kappa shape index (κ2) is 10.2. The van der Waals surface area contributed by atoms with Crippen molar-refractivity contribution in [3.63, 3.8) is 0 Å². The summed E-state index contributed by atoms with van der Waals surface area (Å²) in [6.07, 6.45) is -0.353. The largest absolute Gasteiger partial charge is 0.480 e. The van der Waals surface area contributed by atoms with E-state index < -0.39 is 30.1 Å². The second-order valence-corrected chi connectivity index (χ2v) is 4.83. The molecule has 0 aliphatic carbocycles. The van der Waals surface area contributed by atoms with Crippen LogP contribution in [0.15, 0.2) is 0 Å². The molecule has 0 aliphatic heterocycles. The molecule has 0 heterocycles. The first-order valence-corrected chi connectivity index (χ1v) is 6.61. The van der Waals surface area contributed by atoms with Gasteiger partial charge in [0, 0.05) is 13.0 Å². The fourth-order valence-electron chi connectivity index (χ4n) is 1.50. The van der Waals surface area contributed by atoms with Crippen molar-refractivity contribution in [2.75, 3.05) is 13.1 Å². The number of carbonyl (C=O) groups excluding carboxylic acids is 1. The van der Waals surface area contributed by atoms with E-state index >= 15 is 0 Å². The fourth-order valence-corrected chi connectivity index (χ4v) is 1.50. The Bertz CT molecular complexity index is 363. The van der Waals surface area contributed by atoms with Crippen molar-refractivity contribution < 1.29 is 29.7 Å². The highest BCUT2D eigenvalue weighted by molar-refractivity contribution is 5.81. The van der Waals surface area contributed by atoms with Gasteiger partial charge in [0.2, 0.25) is 0 Å². The Labute approximate surface area is 122 Å². The quantitative estimate of drug-likeness (QED) is 0.235. The molecule has 0 saturated heterocycles. The minimum Gasteiger partial charge on any atom is -0.480 e. The number of aliphatic hydroxyl groups is 1. The number of Topliss-reactive ketones (excluding diaryl/α,β-unsaturated/α-hetero) is 1. The third-order valence-electron chi connectivity index (χ3n) is 2.88. The third-order valence-corrected chi connectivity index (χ3v) is 2.88. The van der Waals surface area contributed by atoms with Crippen molar-refractivity contribution >= 4 is 17.7 Å². The van der Waals surface area contributed by atoms with Gasteiger partial charge in [-0.3, -0.25) is 14.4 Å². The maximum Gasteiger partial charge on any atom is 0.320 e. The first kappa shape index (κ1) is 19.4. The molecule has 8 N–H and O–H groups in total. The summed E-state index contributed by atoms with van der Waals surface area (Å²) >= 11 is 0. The summed E-state index contributed by atoms with van der Waals surface area (Å²) in [4.78, 5) is 32.3. The Kier molecular flexibility index (Phi) is 9.46. The summed E-state index contributed by atoms with van der Waals surface area (Å²) in [7, 11) is 0. The number of carboxylic acid groups (broad SMARTS) is 2. The smallest absolute Gasteiger partial charge is 0.320 e. The molecule has 0 aromatic heterocycles. The molecule has 0 amide bonds. The molecule has 0 spiro atoms. The van der Waals surface area contributed by atoms with Crippen LogP contribution in [0, 0.1) is 0 Å². The zero-order valence-corrected chi connectivity index (χ0v) is 11.7. The Morgan fingerprint density at radius 1 is 0.952 bits per heavy atom. The van der Waals surface area contributed by atoms with Crippen molar-refractivity contribution in [2.45, 2.75) is 43.9 Å². The van der Waals surface area contributed by atoms with E-state index in [0.29, 0.717) is 0 Å². The SMILES string of the molecule is NC(CCC(O)CNCC(=O)CC[C@H](N)C(=O)O)C(=O)O. The maximum absolute atomic E-state index is 11.4. The van der Waals surface area contributed by atoms with Crippen LogP contribution in [-0.4, -0.2) is 64.3 Å². The number of ketones is 1. The minimum absolute atomic E-state index is 0.00557. The Morgan fingerprint density at radius 2 is 1.48 bits per heavy atom. The van der Waals surface area contributed by atoms with Gasteiger partial charge in [-0.15, -0.1) is 0 Å². The van der Waals surface area contributed by atoms with E-state index in [9.17, 15) is 19.5 Å². The molecule has 0 radical (unpaired) electrons. The number of hydrogen-bond acceptors (Lipinski definition) is 7. The molecule has 0 bridgehead atoms. The molecule has 0 saturated carbocycles. The number of carboxylic acids is 2. The first-order valence-electron chi connectivity index (χ1n) is 6.61. The summed E-state index contributed by atoms with van der Waals surface area (Å²) in [5, 5.41) is 29.4. The van der Waals surface area contributed by atoms with E-state index in [-0.39, 0.29) is 44.6 Å². The number of aliphatic carboxylic acids is 2. The number of nitrogens with one attached hydrogen (secondary N) is 1. The molecule has 0 aliphatic rings. The molecule has 2 unspecified atom stereocenters. The Balaban J connectivity index is 3.71. The van der Waals surface area contributed by atoms with Gasteiger partial charge < -0.3 is 32.1 Å². The van der Waals surface area contributed by atoms with E-state index in [1.54, 1.807) is 0 Å². The molecule has 3 atom stereocenters. The highest BCUT2D eigenvalue weighted by Gasteiger charge is 2.15. The van der Waals surface area contributed by atoms with Gasteiger partial charge in [-0.2, -0.15) is 0 Å². The normalized spacial score (nSPS) is 15.2. The highest BCUT2D eigenvalue weighted by Crippen LogP contribution is 2.00. The van der Waals surface area contributed by atoms with Crippen LogP contribution in [0.4, 0.5) is 0 Å². The summed E-state index contributed by atoms with van der Waals surface area (Å²) in [6, 6.07) is -2.07. The van der Waals surface area contributed by atoms with Crippen molar-refractivity contribution in [1.29, 1.82) is 0 Å². The number of carbonyl (C=O) groups is 3. The van der Waals surface area contributed by atoms with Gasteiger partial charge in [0.15, 0.2) is 0 Å². The van der Waals surface area contributed by atoms with Crippen molar-refractivity contribution in [2.24, 2.45) is 11.5 Å². The van der Waals surface area contributed by atoms with Crippen LogP contribution in [0.2, 0.25) is 0 Å². The van der Waals surface area contributed by atoms with Gasteiger partial charge in [-0.05, 0) is 19.3 Å². The Hall–Kier alpha value is -1.55. The molecule has 9 heteroatoms. The Morgan fingerprint density at radius 3 is 2.00 bits per heavy atom. The molecular weight excluding hydrogens is 282 g/mol. The third kappa shape index (κ3) is 9.91. The molecule has 122 valence electrons. The number of hydrogen-bond donors (Lipinski definition) is 6. The number of aliphatic hydroxyl groups excluding tert-OH is 1. The standard InChI is InChI=1S/C12H23N3O6/c13-9(11(18)19)3-1-7(16)5-15-6-8(17)2-4-10(14)12(20)21/h7,9-10,15-16H,1-6,13-14H2,(H,18,19)(H,20,21)/t7?,9?,10-/m0/s1. The van der Waals surface area contributed by atoms with E-state index in [0.717, 1.165) is 0 Å².